The first kappa shape index (κ1) is 10.1. The lowest BCUT2D eigenvalue weighted by atomic mass is 10.3. The molecule has 0 bridgehead atoms. The van der Waals surface area contributed by atoms with Crippen LogP contribution in [0.3, 0.4) is 0 Å². The summed E-state index contributed by atoms with van der Waals surface area (Å²) in [6.07, 6.45) is -5.76. The third-order valence-electron chi connectivity index (χ3n) is 1.03. The molecule has 0 aromatic carbocycles. The van der Waals surface area contributed by atoms with Crippen LogP contribution < -0.4 is 0 Å². The van der Waals surface area contributed by atoms with Gasteiger partial charge in [-0.2, -0.15) is 22.0 Å². The van der Waals surface area contributed by atoms with Crippen LogP contribution in [-0.2, 0) is 5.92 Å². The minimum Gasteiger partial charge on any atom is -0.187 e. The summed E-state index contributed by atoms with van der Waals surface area (Å²) < 4.78 is 59.5. The Morgan fingerprint density at radius 2 is 1.69 bits per heavy atom. The first-order chi connectivity index (χ1) is 5.75. The maximum atomic E-state index is 12.3. The molecule has 1 aromatic heterocycles. The van der Waals surface area contributed by atoms with E-state index in [1.807, 2.05) is 0 Å². The molecule has 10 heteroatoms. The number of aromatic nitrogens is 4. The normalized spacial score (nSPS) is 13.4. The largest absolute Gasteiger partial charge is 0.461 e. The van der Waals surface area contributed by atoms with Gasteiger partial charge in [0.05, 0.1) is 11.8 Å². The Bertz CT molecular complexity index is 305. The SMILES string of the molecule is FC(F)(F)C(F)(F)c1nnn(Cl)n1. The van der Waals surface area contributed by atoms with Crippen LogP contribution in [0.2, 0.25) is 0 Å². The molecule has 0 amide bonds. The molecule has 0 saturated heterocycles. The maximum Gasteiger partial charge on any atom is 0.461 e. The summed E-state index contributed by atoms with van der Waals surface area (Å²) in [6, 6.07) is 0. The van der Waals surface area contributed by atoms with E-state index in [9.17, 15) is 22.0 Å². The summed E-state index contributed by atoms with van der Waals surface area (Å²) in [5.41, 5.74) is 0. The van der Waals surface area contributed by atoms with Crippen LogP contribution in [0.5, 0.6) is 0 Å². The average Bonchev–Trinajstić information content (AvgIpc) is 2.33. The summed E-state index contributed by atoms with van der Waals surface area (Å²) in [5.74, 6) is -6.92. The van der Waals surface area contributed by atoms with Gasteiger partial charge in [0.2, 0.25) is 0 Å². The van der Waals surface area contributed by atoms with Gasteiger partial charge in [0.25, 0.3) is 5.82 Å². The van der Waals surface area contributed by atoms with Gasteiger partial charge in [-0.05, 0) is 5.21 Å². The standard InChI is InChI=1S/C3ClF5N4/c4-13-11-1(10-12-13)2(5,6)3(7,8)9. The number of tetrazole rings is 1. The van der Waals surface area contributed by atoms with Crippen molar-refractivity contribution in [1.29, 1.82) is 0 Å². The monoisotopic (exact) mass is 222 g/mol. The van der Waals surface area contributed by atoms with Gasteiger partial charge < -0.3 is 0 Å². The highest BCUT2D eigenvalue weighted by Crippen LogP contribution is 2.41. The number of nitrogens with zero attached hydrogens (tertiary/aromatic N) is 4. The topological polar surface area (TPSA) is 43.6 Å². The molecule has 0 atom stereocenters. The van der Waals surface area contributed by atoms with E-state index >= 15 is 0 Å². The number of hydrogen-bond donors (Lipinski definition) is 0. The molecule has 0 saturated carbocycles. The Kier molecular flexibility index (Phi) is 2.14. The quantitative estimate of drug-likeness (QED) is 0.674. The van der Waals surface area contributed by atoms with Crippen molar-refractivity contribution in [1.82, 2.24) is 19.7 Å². The van der Waals surface area contributed by atoms with Gasteiger partial charge in [-0.15, -0.1) is 10.2 Å². The van der Waals surface area contributed by atoms with E-state index in [4.69, 9.17) is 11.8 Å². The highest BCUT2D eigenvalue weighted by atomic mass is 35.5. The first-order valence-electron chi connectivity index (χ1n) is 2.66. The second-order valence-electron chi connectivity index (χ2n) is 1.93. The van der Waals surface area contributed by atoms with Crippen molar-refractivity contribution in [3.05, 3.63) is 5.82 Å². The van der Waals surface area contributed by atoms with Crippen molar-refractivity contribution >= 4 is 11.8 Å². The highest BCUT2D eigenvalue weighted by molar-refractivity contribution is 6.13. The molecule has 0 aliphatic carbocycles. The van der Waals surface area contributed by atoms with Gasteiger partial charge in [0.15, 0.2) is 0 Å². The minimum absolute atomic E-state index is 0.00498. The summed E-state index contributed by atoms with van der Waals surface area (Å²) >= 11 is 4.85. The molecule has 0 spiro atoms. The van der Waals surface area contributed by atoms with Crippen molar-refractivity contribution in [2.24, 2.45) is 0 Å². The van der Waals surface area contributed by atoms with E-state index in [2.05, 4.69) is 15.4 Å². The summed E-state index contributed by atoms with van der Waals surface area (Å²) in [6.45, 7) is 0. The fourth-order valence-electron chi connectivity index (χ4n) is 0.450. The van der Waals surface area contributed by atoms with Crippen molar-refractivity contribution < 1.29 is 22.0 Å². The molecule has 1 aromatic rings. The van der Waals surface area contributed by atoms with E-state index in [1.165, 1.54) is 0 Å². The molecule has 74 valence electrons. The molecule has 1 rings (SSSR count). The third kappa shape index (κ3) is 1.69. The zero-order valence-electron chi connectivity index (χ0n) is 5.56. The van der Waals surface area contributed by atoms with Crippen LogP contribution in [0.15, 0.2) is 0 Å². The number of rotatable bonds is 1. The summed E-state index contributed by atoms with van der Waals surface area (Å²) in [7, 11) is 0. The van der Waals surface area contributed by atoms with Crippen LogP contribution in [0.1, 0.15) is 5.82 Å². The van der Waals surface area contributed by atoms with E-state index in [0.717, 1.165) is 0 Å². The Hall–Kier alpha value is -0.990. The lowest BCUT2D eigenvalue weighted by molar-refractivity contribution is -0.292. The summed E-state index contributed by atoms with van der Waals surface area (Å²) in [4.78, 5) is 0. The van der Waals surface area contributed by atoms with Crippen LogP contribution in [0.4, 0.5) is 22.0 Å². The fraction of sp³-hybridized carbons (Fsp3) is 0.667. The highest BCUT2D eigenvalue weighted by Gasteiger charge is 2.62. The minimum atomic E-state index is -5.76. The van der Waals surface area contributed by atoms with Gasteiger partial charge in [0, 0.05) is 0 Å². The lowest BCUT2D eigenvalue weighted by Crippen LogP contribution is -2.34. The zero-order valence-corrected chi connectivity index (χ0v) is 6.31. The van der Waals surface area contributed by atoms with Crippen molar-refractivity contribution in [3.8, 4) is 0 Å². The molecule has 0 fully saturated rings. The molecule has 1 heterocycles. The van der Waals surface area contributed by atoms with E-state index < -0.39 is 17.9 Å². The molecular formula is C3ClF5N4. The Balaban J connectivity index is 3.07. The van der Waals surface area contributed by atoms with Gasteiger partial charge in [-0.25, -0.2) is 0 Å². The van der Waals surface area contributed by atoms with Gasteiger partial charge >= 0.3 is 12.1 Å². The fourth-order valence-corrected chi connectivity index (χ4v) is 0.555. The average molecular weight is 223 g/mol. The smallest absolute Gasteiger partial charge is 0.187 e. The molecule has 0 aliphatic heterocycles. The first-order valence-corrected chi connectivity index (χ1v) is 3.00. The van der Waals surface area contributed by atoms with E-state index in [-0.39, 0.29) is 4.32 Å². The molecule has 0 radical (unpaired) electrons. The number of alkyl halides is 5. The molecule has 13 heavy (non-hydrogen) atoms. The van der Waals surface area contributed by atoms with Gasteiger partial charge in [-0.1, -0.05) is 4.32 Å². The van der Waals surface area contributed by atoms with Crippen molar-refractivity contribution in [2.75, 3.05) is 0 Å². The molecule has 4 nitrogen and oxygen atoms in total. The van der Waals surface area contributed by atoms with E-state index in [1.54, 1.807) is 0 Å². The number of halogens is 6. The summed E-state index contributed by atoms with van der Waals surface area (Å²) in [5, 5.41) is 7.63. The number of hydrogen-bond acceptors (Lipinski definition) is 3. The van der Waals surface area contributed by atoms with Crippen LogP contribution in [0.25, 0.3) is 0 Å². The second kappa shape index (κ2) is 2.76. The van der Waals surface area contributed by atoms with Crippen LogP contribution in [-0.4, -0.2) is 25.9 Å². The second-order valence-corrected chi connectivity index (χ2v) is 2.23. The zero-order chi connectivity index (χ0) is 10.3. The third-order valence-corrected chi connectivity index (χ3v) is 1.17. The molecule has 0 N–H and O–H groups in total. The molecule has 0 unspecified atom stereocenters. The molecule has 0 aliphatic rings. The van der Waals surface area contributed by atoms with Gasteiger partial charge in [-0.3, -0.25) is 0 Å². The maximum absolute atomic E-state index is 12.3. The predicted octanol–water partition coefficient (Wildman–Crippen LogP) is 1.33. The van der Waals surface area contributed by atoms with Crippen LogP contribution in [0, 0.1) is 0 Å². The van der Waals surface area contributed by atoms with E-state index in [0.29, 0.717) is 0 Å². The Morgan fingerprint density at radius 1 is 1.15 bits per heavy atom. The Morgan fingerprint density at radius 3 is 2.00 bits per heavy atom. The lowest BCUT2D eigenvalue weighted by Gasteiger charge is -2.14. The predicted molar refractivity (Wildman–Crippen MR) is 29.0 cm³/mol. The molecular weight excluding hydrogens is 223 g/mol. The van der Waals surface area contributed by atoms with Crippen molar-refractivity contribution in [3.63, 3.8) is 0 Å². The van der Waals surface area contributed by atoms with Crippen LogP contribution >= 0.6 is 11.8 Å². The van der Waals surface area contributed by atoms with Gasteiger partial charge in [0.1, 0.15) is 0 Å². The Labute approximate surface area is 72.4 Å². The van der Waals surface area contributed by atoms with Crippen molar-refractivity contribution in [2.45, 2.75) is 12.1 Å².